The largest absolute Gasteiger partial charge is 0.420 e. The van der Waals surface area contributed by atoms with Crippen LogP contribution in [0.4, 0.5) is 0 Å². The molecule has 4 aromatic rings. The molecule has 0 bridgehead atoms. The minimum absolute atomic E-state index is 0.104. The van der Waals surface area contributed by atoms with Gasteiger partial charge in [0.1, 0.15) is 0 Å². The van der Waals surface area contributed by atoms with Crippen LogP contribution < -0.4 is 10.9 Å². The van der Waals surface area contributed by atoms with Crippen LogP contribution in [-0.4, -0.2) is 18.0 Å². The molecular weight excluding hydrogens is 354 g/mol. The molecule has 2 N–H and O–H groups in total. The lowest BCUT2D eigenvalue weighted by Crippen LogP contribution is -2.19. The van der Waals surface area contributed by atoms with Gasteiger partial charge in [0.25, 0.3) is 0 Å². The van der Waals surface area contributed by atoms with Crippen molar-refractivity contribution in [3.63, 3.8) is 0 Å². The first-order valence-corrected chi connectivity index (χ1v) is 9.41. The summed E-state index contributed by atoms with van der Waals surface area (Å²) in [6.07, 6.45) is 3.47. The third-order valence-electron chi connectivity index (χ3n) is 4.47. The Morgan fingerprint density at radius 1 is 1.19 bits per heavy atom. The molecule has 2 aromatic carbocycles. The van der Waals surface area contributed by atoms with Crippen LogP contribution in [0.1, 0.15) is 18.5 Å². The Kier molecular flexibility index (Phi) is 3.67. The van der Waals surface area contributed by atoms with Crippen molar-refractivity contribution in [3.8, 4) is 0 Å². The summed E-state index contributed by atoms with van der Waals surface area (Å²) in [5.41, 5.74) is 1.58. The van der Waals surface area contributed by atoms with Crippen LogP contribution in [0.5, 0.6) is 0 Å². The molecule has 0 aliphatic rings. The Labute approximate surface area is 148 Å². The highest BCUT2D eigenvalue weighted by atomic mass is 32.2. The number of aromatic nitrogens is 2. The number of nitrogens with two attached hydrogens (primary N) is 1. The van der Waals surface area contributed by atoms with Crippen LogP contribution in [0.25, 0.3) is 21.9 Å². The van der Waals surface area contributed by atoms with E-state index >= 15 is 0 Å². The lowest BCUT2D eigenvalue weighted by atomic mass is 10.0. The predicted octanol–water partition coefficient (Wildman–Crippen LogP) is 2.40. The summed E-state index contributed by atoms with van der Waals surface area (Å²) < 4.78 is 29.8. The van der Waals surface area contributed by atoms with Crippen LogP contribution in [0.2, 0.25) is 0 Å². The number of nitrogens with zero attached hydrogens (tertiary/aromatic N) is 2. The highest BCUT2D eigenvalue weighted by molar-refractivity contribution is 7.89. The van der Waals surface area contributed by atoms with E-state index in [1.54, 1.807) is 12.4 Å². The Morgan fingerprint density at radius 2 is 2.00 bits per heavy atom. The maximum atomic E-state index is 12.5. The van der Waals surface area contributed by atoms with E-state index in [1.807, 2.05) is 31.2 Å². The molecule has 1 atom stereocenters. The number of primary sulfonamides is 1. The number of benzene rings is 2. The molecule has 4 rings (SSSR count). The molecule has 0 spiro atoms. The van der Waals surface area contributed by atoms with Crippen molar-refractivity contribution in [2.45, 2.75) is 17.9 Å². The van der Waals surface area contributed by atoms with Gasteiger partial charge in [-0.1, -0.05) is 18.2 Å². The van der Waals surface area contributed by atoms with Gasteiger partial charge >= 0.3 is 5.76 Å². The van der Waals surface area contributed by atoms with Crippen molar-refractivity contribution in [2.24, 2.45) is 5.14 Å². The van der Waals surface area contributed by atoms with Gasteiger partial charge in [0, 0.05) is 23.8 Å². The first-order valence-electron chi connectivity index (χ1n) is 7.87. The Bertz CT molecular complexity index is 1300. The van der Waals surface area contributed by atoms with Crippen molar-refractivity contribution in [2.75, 3.05) is 0 Å². The molecule has 132 valence electrons. The van der Waals surface area contributed by atoms with E-state index < -0.39 is 15.8 Å². The van der Waals surface area contributed by atoms with Crippen molar-refractivity contribution in [1.82, 2.24) is 9.55 Å². The summed E-state index contributed by atoms with van der Waals surface area (Å²) in [7, 11) is -3.88. The van der Waals surface area contributed by atoms with Gasteiger partial charge in [-0.2, -0.15) is 0 Å². The zero-order chi connectivity index (χ0) is 18.5. The van der Waals surface area contributed by atoms with Crippen molar-refractivity contribution >= 4 is 31.9 Å². The van der Waals surface area contributed by atoms with Crippen LogP contribution >= 0.6 is 0 Å². The van der Waals surface area contributed by atoms with Gasteiger partial charge in [-0.25, -0.2) is 18.4 Å². The third kappa shape index (κ3) is 2.59. The van der Waals surface area contributed by atoms with E-state index in [0.717, 1.165) is 16.3 Å². The molecular formula is C18H15N3O4S. The normalized spacial score (nSPS) is 13.3. The minimum Gasteiger partial charge on any atom is -0.408 e. The number of oxazole rings is 1. The van der Waals surface area contributed by atoms with E-state index in [4.69, 9.17) is 9.56 Å². The molecule has 0 saturated heterocycles. The lowest BCUT2D eigenvalue weighted by Gasteiger charge is -2.15. The van der Waals surface area contributed by atoms with Crippen LogP contribution in [0, 0.1) is 0 Å². The molecule has 1 unspecified atom stereocenters. The second-order valence-corrected chi connectivity index (χ2v) is 7.59. The van der Waals surface area contributed by atoms with Gasteiger partial charge in [-0.3, -0.25) is 9.55 Å². The highest BCUT2D eigenvalue weighted by Gasteiger charge is 2.20. The van der Waals surface area contributed by atoms with E-state index in [-0.39, 0.29) is 16.5 Å². The van der Waals surface area contributed by atoms with Crippen LogP contribution in [0.15, 0.2) is 69.0 Å². The summed E-state index contributed by atoms with van der Waals surface area (Å²) in [5.74, 6) is -0.569. The number of hydrogen-bond acceptors (Lipinski definition) is 5. The van der Waals surface area contributed by atoms with E-state index in [0.29, 0.717) is 5.52 Å². The molecule has 26 heavy (non-hydrogen) atoms. The average Bonchev–Trinajstić information content (AvgIpc) is 2.94. The standard InChI is InChI=1S/C18H15N3O4S/c1-11(14-4-2-3-12-7-8-20-10-15(12)14)21-16-6-5-13(26(19,23)24)9-17(16)25-18(21)22/h2-11H,1H3,(H2,19,23,24). The van der Waals surface area contributed by atoms with E-state index in [2.05, 4.69) is 4.98 Å². The highest BCUT2D eigenvalue weighted by Crippen LogP contribution is 2.28. The molecule has 0 amide bonds. The summed E-state index contributed by atoms with van der Waals surface area (Å²) in [6.45, 7) is 1.88. The third-order valence-corrected chi connectivity index (χ3v) is 5.38. The van der Waals surface area contributed by atoms with Crippen molar-refractivity contribution in [1.29, 1.82) is 0 Å². The summed E-state index contributed by atoms with van der Waals surface area (Å²) >= 11 is 0. The first kappa shape index (κ1) is 16.5. The maximum Gasteiger partial charge on any atom is 0.420 e. The van der Waals surface area contributed by atoms with Gasteiger partial charge < -0.3 is 4.42 Å². The monoisotopic (exact) mass is 369 g/mol. The van der Waals surface area contributed by atoms with Crippen LogP contribution in [-0.2, 0) is 10.0 Å². The summed E-state index contributed by atoms with van der Waals surface area (Å²) in [6, 6.07) is 11.5. The van der Waals surface area contributed by atoms with Crippen molar-refractivity contribution < 1.29 is 12.8 Å². The van der Waals surface area contributed by atoms with Crippen LogP contribution in [0.3, 0.4) is 0 Å². The molecule has 0 aliphatic carbocycles. The first-order chi connectivity index (χ1) is 12.4. The van der Waals surface area contributed by atoms with Gasteiger partial charge in [-0.15, -0.1) is 0 Å². The number of hydrogen-bond donors (Lipinski definition) is 1. The number of sulfonamides is 1. The van der Waals surface area contributed by atoms with E-state index in [9.17, 15) is 13.2 Å². The minimum atomic E-state index is -3.88. The van der Waals surface area contributed by atoms with Gasteiger partial charge in [-0.05, 0) is 36.1 Å². The molecule has 0 radical (unpaired) electrons. The number of pyridine rings is 1. The van der Waals surface area contributed by atoms with E-state index in [1.165, 1.54) is 22.8 Å². The fraction of sp³-hybridized carbons (Fsp3) is 0.111. The Hall–Kier alpha value is -2.97. The zero-order valence-corrected chi connectivity index (χ0v) is 14.6. The molecule has 0 aliphatic heterocycles. The maximum absolute atomic E-state index is 12.5. The van der Waals surface area contributed by atoms with Gasteiger partial charge in [0.15, 0.2) is 5.58 Å². The molecule has 0 fully saturated rings. The molecule has 2 heterocycles. The molecule has 2 aromatic heterocycles. The predicted molar refractivity (Wildman–Crippen MR) is 97.4 cm³/mol. The Balaban J connectivity index is 1.93. The smallest absolute Gasteiger partial charge is 0.408 e. The average molecular weight is 369 g/mol. The van der Waals surface area contributed by atoms with Gasteiger partial charge in [0.05, 0.1) is 16.5 Å². The van der Waals surface area contributed by atoms with Gasteiger partial charge in [0.2, 0.25) is 10.0 Å². The fourth-order valence-electron chi connectivity index (χ4n) is 3.20. The number of rotatable bonds is 3. The summed E-state index contributed by atoms with van der Waals surface area (Å²) in [5, 5.41) is 7.09. The fourth-order valence-corrected chi connectivity index (χ4v) is 3.73. The second kappa shape index (κ2) is 5.79. The molecule has 8 heteroatoms. The quantitative estimate of drug-likeness (QED) is 0.596. The lowest BCUT2D eigenvalue weighted by molar-refractivity contribution is 0.490. The Morgan fingerprint density at radius 3 is 2.77 bits per heavy atom. The topological polar surface area (TPSA) is 108 Å². The molecule has 0 saturated carbocycles. The second-order valence-electron chi connectivity index (χ2n) is 6.03. The summed E-state index contributed by atoms with van der Waals surface area (Å²) in [4.78, 5) is 16.5. The SMILES string of the molecule is CC(c1cccc2ccncc12)n1c(=O)oc2cc(S(N)(=O)=O)ccc21. The van der Waals surface area contributed by atoms with Crippen molar-refractivity contribution in [3.05, 3.63) is 71.0 Å². The zero-order valence-electron chi connectivity index (χ0n) is 13.8. The number of fused-ring (bicyclic) bond motifs is 2. The molecule has 7 nitrogen and oxygen atoms in total.